The van der Waals surface area contributed by atoms with E-state index in [1.54, 1.807) is 12.0 Å². The third-order valence-corrected chi connectivity index (χ3v) is 2.92. The van der Waals surface area contributed by atoms with Crippen molar-refractivity contribution in [2.75, 3.05) is 6.61 Å². The molecule has 2 fully saturated rings. The molecule has 0 N–H and O–H groups in total. The average molecular weight is 213 g/mol. The first-order valence-electron chi connectivity index (χ1n) is 5.35. The summed E-state index contributed by atoms with van der Waals surface area (Å²) in [5, 5.41) is 1.65. The standard InChI is InChI=1S/C10H15NO4/c1-2-14-10(13)15-11-7-3-4-8(11)6-9(12)5-7/h7-8H,2-6H2,1H3. The van der Waals surface area contributed by atoms with Gasteiger partial charge >= 0.3 is 6.16 Å². The molecule has 2 aliphatic rings. The summed E-state index contributed by atoms with van der Waals surface area (Å²) in [4.78, 5) is 27.5. The van der Waals surface area contributed by atoms with Crippen LogP contribution in [-0.2, 0) is 14.4 Å². The molecule has 2 rings (SSSR count). The van der Waals surface area contributed by atoms with Gasteiger partial charge in [-0.25, -0.2) is 4.79 Å². The number of ether oxygens (including phenoxy) is 1. The zero-order valence-corrected chi connectivity index (χ0v) is 8.77. The molecule has 0 aliphatic carbocycles. The highest BCUT2D eigenvalue weighted by atomic mass is 16.8. The summed E-state index contributed by atoms with van der Waals surface area (Å²) in [6, 6.07) is 0.140. The van der Waals surface area contributed by atoms with Crippen LogP contribution < -0.4 is 0 Å². The van der Waals surface area contributed by atoms with Crippen LogP contribution in [0.5, 0.6) is 0 Å². The number of carbonyl (C=O) groups excluding carboxylic acids is 2. The number of hydrogen-bond donors (Lipinski definition) is 0. The summed E-state index contributed by atoms with van der Waals surface area (Å²) >= 11 is 0. The van der Waals surface area contributed by atoms with Gasteiger partial charge in [-0.15, -0.1) is 5.06 Å². The van der Waals surface area contributed by atoms with Crippen molar-refractivity contribution >= 4 is 11.9 Å². The summed E-state index contributed by atoms with van der Waals surface area (Å²) in [6.07, 6.45) is 2.18. The maximum Gasteiger partial charge on any atom is 0.527 e. The monoisotopic (exact) mass is 213 g/mol. The molecule has 2 saturated heterocycles. The molecule has 0 aromatic rings. The predicted molar refractivity (Wildman–Crippen MR) is 51.0 cm³/mol. The Hall–Kier alpha value is -1.10. The van der Waals surface area contributed by atoms with Gasteiger partial charge in [0.15, 0.2) is 0 Å². The molecule has 5 nitrogen and oxygen atoms in total. The highest BCUT2D eigenvalue weighted by molar-refractivity contribution is 5.81. The molecule has 2 heterocycles. The Morgan fingerprint density at radius 3 is 2.53 bits per heavy atom. The third-order valence-electron chi connectivity index (χ3n) is 2.92. The molecule has 2 unspecified atom stereocenters. The summed E-state index contributed by atoms with van der Waals surface area (Å²) in [5.41, 5.74) is 0. The molecule has 2 atom stereocenters. The van der Waals surface area contributed by atoms with Crippen LogP contribution in [0.2, 0.25) is 0 Å². The van der Waals surface area contributed by atoms with Crippen LogP contribution in [0.3, 0.4) is 0 Å². The Morgan fingerprint density at radius 2 is 2.00 bits per heavy atom. The van der Waals surface area contributed by atoms with E-state index < -0.39 is 6.16 Å². The molecular weight excluding hydrogens is 198 g/mol. The Kier molecular flexibility index (Phi) is 2.90. The van der Waals surface area contributed by atoms with Gasteiger partial charge in [0.25, 0.3) is 0 Å². The van der Waals surface area contributed by atoms with Crippen molar-refractivity contribution in [1.82, 2.24) is 5.06 Å². The predicted octanol–water partition coefficient (Wildman–Crippen LogP) is 1.27. The van der Waals surface area contributed by atoms with Crippen molar-refractivity contribution in [3.8, 4) is 0 Å². The molecule has 0 aromatic carbocycles. The minimum Gasteiger partial charge on any atom is -0.433 e. The lowest BCUT2D eigenvalue weighted by molar-refractivity contribution is -0.176. The lowest BCUT2D eigenvalue weighted by Gasteiger charge is -2.31. The van der Waals surface area contributed by atoms with Crippen molar-refractivity contribution < 1.29 is 19.2 Å². The molecule has 0 aromatic heterocycles. The SMILES string of the molecule is CCOC(=O)ON1C2CCC1CC(=O)C2. The van der Waals surface area contributed by atoms with Gasteiger partial charge in [-0.2, -0.15) is 0 Å². The summed E-state index contributed by atoms with van der Waals surface area (Å²) in [6.45, 7) is 2.04. The number of piperidine rings is 1. The van der Waals surface area contributed by atoms with Crippen molar-refractivity contribution in [3.05, 3.63) is 0 Å². The largest absolute Gasteiger partial charge is 0.527 e. The van der Waals surface area contributed by atoms with Crippen LogP contribution >= 0.6 is 0 Å². The van der Waals surface area contributed by atoms with Gasteiger partial charge in [-0.1, -0.05) is 0 Å². The minimum absolute atomic E-state index is 0.0701. The van der Waals surface area contributed by atoms with E-state index in [9.17, 15) is 9.59 Å². The van der Waals surface area contributed by atoms with Crippen molar-refractivity contribution in [2.24, 2.45) is 0 Å². The molecule has 0 spiro atoms. The topological polar surface area (TPSA) is 55.8 Å². The normalized spacial score (nSPS) is 30.3. The lowest BCUT2D eigenvalue weighted by atomic mass is 10.0. The number of rotatable bonds is 2. The molecular formula is C10H15NO4. The van der Waals surface area contributed by atoms with Crippen LogP contribution in [0.25, 0.3) is 0 Å². The second-order valence-electron chi connectivity index (χ2n) is 3.97. The van der Waals surface area contributed by atoms with E-state index in [1.165, 1.54) is 0 Å². The smallest absolute Gasteiger partial charge is 0.433 e. The van der Waals surface area contributed by atoms with E-state index >= 15 is 0 Å². The van der Waals surface area contributed by atoms with Crippen LogP contribution in [0.4, 0.5) is 4.79 Å². The molecule has 84 valence electrons. The maximum atomic E-state index is 11.3. The van der Waals surface area contributed by atoms with Gasteiger partial charge in [0.05, 0.1) is 18.7 Å². The zero-order chi connectivity index (χ0) is 10.8. The van der Waals surface area contributed by atoms with E-state index in [2.05, 4.69) is 0 Å². The van der Waals surface area contributed by atoms with Gasteiger partial charge in [-0.05, 0) is 19.8 Å². The number of Topliss-reactive ketones (excluding diaryl/α,β-unsaturated/α-hetero) is 1. The fourth-order valence-corrected chi connectivity index (χ4v) is 2.31. The van der Waals surface area contributed by atoms with Gasteiger partial charge < -0.3 is 9.57 Å². The summed E-state index contributed by atoms with van der Waals surface area (Å²) in [7, 11) is 0. The van der Waals surface area contributed by atoms with E-state index in [1.807, 2.05) is 0 Å². The third kappa shape index (κ3) is 2.12. The van der Waals surface area contributed by atoms with Crippen molar-refractivity contribution in [2.45, 2.75) is 44.7 Å². The number of nitrogens with zero attached hydrogens (tertiary/aromatic N) is 1. The Balaban J connectivity index is 1.93. The fraction of sp³-hybridized carbons (Fsp3) is 0.800. The minimum atomic E-state index is -0.663. The van der Waals surface area contributed by atoms with Crippen molar-refractivity contribution in [3.63, 3.8) is 0 Å². The van der Waals surface area contributed by atoms with E-state index in [0.717, 1.165) is 12.8 Å². The second kappa shape index (κ2) is 4.18. The highest BCUT2D eigenvalue weighted by Gasteiger charge is 2.43. The van der Waals surface area contributed by atoms with Crippen LogP contribution in [-0.4, -0.2) is 35.7 Å². The molecule has 2 aliphatic heterocycles. The number of fused-ring (bicyclic) bond motifs is 2. The van der Waals surface area contributed by atoms with Crippen LogP contribution in [0.1, 0.15) is 32.6 Å². The van der Waals surface area contributed by atoms with Crippen LogP contribution in [0.15, 0.2) is 0 Å². The molecule has 15 heavy (non-hydrogen) atoms. The quantitative estimate of drug-likeness (QED) is 0.646. The first kappa shape index (κ1) is 10.4. The Labute approximate surface area is 88.3 Å². The van der Waals surface area contributed by atoms with Gasteiger partial charge in [0.1, 0.15) is 5.78 Å². The Morgan fingerprint density at radius 1 is 1.40 bits per heavy atom. The fourth-order valence-electron chi connectivity index (χ4n) is 2.31. The molecule has 2 bridgehead atoms. The highest BCUT2D eigenvalue weighted by Crippen LogP contribution is 2.34. The molecule has 0 amide bonds. The van der Waals surface area contributed by atoms with E-state index in [4.69, 9.17) is 9.57 Å². The van der Waals surface area contributed by atoms with Gasteiger partial charge in [0, 0.05) is 12.8 Å². The first-order valence-corrected chi connectivity index (χ1v) is 5.35. The zero-order valence-electron chi connectivity index (χ0n) is 8.77. The van der Waals surface area contributed by atoms with Crippen molar-refractivity contribution in [1.29, 1.82) is 0 Å². The lowest BCUT2D eigenvalue weighted by Crippen LogP contribution is -2.44. The number of hydroxylamine groups is 2. The molecule has 5 heteroatoms. The van der Waals surface area contributed by atoms with Crippen LogP contribution in [0, 0.1) is 0 Å². The molecule has 0 saturated carbocycles. The Bertz CT molecular complexity index is 263. The molecule has 0 radical (unpaired) electrons. The van der Waals surface area contributed by atoms with Gasteiger partial charge in [0.2, 0.25) is 0 Å². The summed E-state index contributed by atoms with van der Waals surface area (Å²) in [5.74, 6) is 0.270. The van der Waals surface area contributed by atoms with E-state index in [-0.39, 0.29) is 17.9 Å². The summed E-state index contributed by atoms with van der Waals surface area (Å²) < 4.78 is 4.71. The number of carbonyl (C=O) groups is 2. The number of ketones is 1. The first-order chi connectivity index (χ1) is 7.20. The average Bonchev–Trinajstić information content (AvgIpc) is 2.44. The second-order valence-corrected chi connectivity index (χ2v) is 3.97. The van der Waals surface area contributed by atoms with Gasteiger partial charge in [-0.3, -0.25) is 4.79 Å². The maximum absolute atomic E-state index is 11.3. The van der Waals surface area contributed by atoms with E-state index in [0.29, 0.717) is 19.4 Å². The number of hydrogen-bond acceptors (Lipinski definition) is 5.